The number of carboxylic acid groups (broad SMARTS) is 1. The summed E-state index contributed by atoms with van der Waals surface area (Å²) >= 11 is 3.22. The second kappa shape index (κ2) is 4.25. The van der Waals surface area contributed by atoms with E-state index in [1.807, 2.05) is 13.0 Å². The molecule has 1 rings (SSSR count). The minimum atomic E-state index is -1.06. The Morgan fingerprint density at radius 3 is 2.71 bits per heavy atom. The first kappa shape index (κ1) is 10.7. The van der Waals surface area contributed by atoms with Gasteiger partial charge in [0.05, 0.1) is 11.1 Å². The molecule has 0 radical (unpaired) electrons. The molecule has 72 valence electrons. The van der Waals surface area contributed by atoms with Crippen molar-refractivity contribution in [3.05, 3.63) is 34.4 Å². The molecule has 0 bridgehead atoms. The lowest BCUT2D eigenvalue weighted by Gasteiger charge is -2.07. The van der Waals surface area contributed by atoms with Crippen LogP contribution in [-0.2, 0) is 5.33 Å². The molecular weight excluding hydrogens is 246 g/mol. The summed E-state index contributed by atoms with van der Waals surface area (Å²) in [6, 6.07) is 5.16. The van der Waals surface area contributed by atoms with E-state index >= 15 is 0 Å². The molecule has 3 nitrogen and oxygen atoms in total. The van der Waals surface area contributed by atoms with E-state index in [1.54, 1.807) is 6.07 Å². The molecule has 1 aromatic carbocycles. The van der Waals surface area contributed by atoms with Crippen LogP contribution in [0.25, 0.3) is 0 Å². The Hall–Kier alpha value is -1.34. The summed E-state index contributed by atoms with van der Waals surface area (Å²) < 4.78 is 0. The molecule has 0 amide bonds. The first-order chi connectivity index (χ1) is 6.61. The van der Waals surface area contributed by atoms with Crippen LogP contribution in [0.2, 0.25) is 0 Å². The number of rotatable bonds is 2. The molecular formula is C10H8BrNO2. The van der Waals surface area contributed by atoms with Crippen molar-refractivity contribution in [2.45, 2.75) is 12.3 Å². The van der Waals surface area contributed by atoms with Crippen LogP contribution in [0.5, 0.6) is 0 Å². The number of hydrogen-bond donors (Lipinski definition) is 1. The lowest BCUT2D eigenvalue weighted by Crippen LogP contribution is -2.06. The van der Waals surface area contributed by atoms with E-state index in [0.29, 0.717) is 10.9 Å². The molecule has 0 saturated heterocycles. The highest BCUT2D eigenvalue weighted by molar-refractivity contribution is 9.08. The van der Waals surface area contributed by atoms with E-state index in [9.17, 15) is 4.79 Å². The zero-order chi connectivity index (χ0) is 10.7. The van der Waals surface area contributed by atoms with Gasteiger partial charge in [-0.1, -0.05) is 22.0 Å². The predicted molar refractivity (Wildman–Crippen MR) is 55.5 cm³/mol. The van der Waals surface area contributed by atoms with Gasteiger partial charge < -0.3 is 5.11 Å². The van der Waals surface area contributed by atoms with Gasteiger partial charge in [-0.2, -0.15) is 5.26 Å². The van der Waals surface area contributed by atoms with Crippen LogP contribution in [0.15, 0.2) is 12.1 Å². The molecule has 1 aromatic rings. The summed E-state index contributed by atoms with van der Waals surface area (Å²) in [5, 5.41) is 18.2. The molecule has 0 unspecified atom stereocenters. The average molecular weight is 254 g/mol. The number of halogens is 1. The van der Waals surface area contributed by atoms with E-state index in [1.165, 1.54) is 6.07 Å². The van der Waals surface area contributed by atoms with Crippen molar-refractivity contribution in [1.82, 2.24) is 0 Å². The smallest absolute Gasteiger partial charge is 0.337 e. The zero-order valence-corrected chi connectivity index (χ0v) is 9.13. The van der Waals surface area contributed by atoms with Crippen LogP contribution >= 0.6 is 15.9 Å². The number of nitrogens with zero attached hydrogens (tertiary/aromatic N) is 1. The molecule has 14 heavy (non-hydrogen) atoms. The highest BCUT2D eigenvalue weighted by Gasteiger charge is 2.16. The highest BCUT2D eigenvalue weighted by atomic mass is 79.9. The number of benzene rings is 1. The van der Waals surface area contributed by atoms with Crippen LogP contribution in [0, 0.1) is 18.3 Å². The van der Waals surface area contributed by atoms with Crippen LogP contribution in [0.3, 0.4) is 0 Å². The SMILES string of the molecule is Cc1ccc(C#N)c(C(=O)O)c1CBr. The van der Waals surface area contributed by atoms with Gasteiger partial charge in [0.1, 0.15) is 6.07 Å². The number of nitriles is 1. The maximum Gasteiger partial charge on any atom is 0.337 e. The minimum absolute atomic E-state index is 0.101. The van der Waals surface area contributed by atoms with Crippen LogP contribution < -0.4 is 0 Å². The van der Waals surface area contributed by atoms with Crippen molar-refractivity contribution in [2.75, 3.05) is 0 Å². The number of alkyl halides is 1. The van der Waals surface area contributed by atoms with Crippen molar-refractivity contribution >= 4 is 21.9 Å². The first-order valence-corrected chi connectivity index (χ1v) is 5.05. The first-order valence-electron chi connectivity index (χ1n) is 3.93. The van der Waals surface area contributed by atoms with E-state index in [4.69, 9.17) is 10.4 Å². The van der Waals surface area contributed by atoms with E-state index < -0.39 is 5.97 Å². The van der Waals surface area contributed by atoms with Gasteiger partial charge in [-0.3, -0.25) is 0 Å². The third-order valence-corrected chi connectivity index (χ3v) is 2.58. The Balaban J connectivity index is 3.54. The Morgan fingerprint density at radius 1 is 1.64 bits per heavy atom. The Labute approximate surface area is 90.1 Å². The van der Waals surface area contributed by atoms with Crippen molar-refractivity contribution in [3.63, 3.8) is 0 Å². The third kappa shape index (κ3) is 1.78. The monoisotopic (exact) mass is 253 g/mol. The normalized spacial score (nSPS) is 9.50. The third-order valence-electron chi connectivity index (χ3n) is 2.02. The zero-order valence-electron chi connectivity index (χ0n) is 7.54. The minimum Gasteiger partial charge on any atom is -0.478 e. The van der Waals surface area contributed by atoms with Gasteiger partial charge in [0.2, 0.25) is 0 Å². The fraction of sp³-hybridized carbons (Fsp3) is 0.200. The maximum atomic E-state index is 10.9. The Morgan fingerprint density at radius 2 is 2.29 bits per heavy atom. The topological polar surface area (TPSA) is 61.1 Å². The summed E-state index contributed by atoms with van der Waals surface area (Å²) in [6.07, 6.45) is 0. The molecule has 0 atom stereocenters. The lowest BCUT2D eigenvalue weighted by atomic mass is 9.98. The van der Waals surface area contributed by atoms with Gasteiger partial charge in [0.15, 0.2) is 0 Å². The van der Waals surface area contributed by atoms with Gasteiger partial charge in [-0.25, -0.2) is 4.79 Å². The largest absolute Gasteiger partial charge is 0.478 e. The number of aromatic carboxylic acids is 1. The quantitative estimate of drug-likeness (QED) is 0.824. The van der Waals surface area contributed by atoms with E-state index in [0.717, 1.165) is 5.56 Å². The molecule has 0 spiro atoms. The molecule has 0 aliphatic carbocycles. The van der Waals surface area contributed by atoms with E-state index in [-0.39, 0.29) is 11.1 Å². The molecule has 0 saturated carbocycles. The molecule has 1 N–H and O–H groups in total. The van der Waals surface area contributed by atoms with Gasteiger partial charge in [-0.05, 0) is 24.1 Å². The summed E-state index contributed by atoms with van der Waals surface area (Å²) in [4.78, 5) is 10.9. The van der Waals surface area contributed by atoms with Crippen molar-refractivity contribution < 1.29 is 9.90 Å². The second-order valence-electron chi connectivity index (χ2n) is 2.83. The molecule has 0 aromatic heterocycles. The standard InChI is InChI=1S/C10H8BrNO2/c1-6-2-3-7(5-12)9(10(13)14)8(6)4-11/h2-3H,4H2,1H3,(H,13,14). The molecule has 0 aliphatic heterocycles. The summed E-state index contributed by atoms with van der Waals surface area (Å²) in [5.74, 6) is -1.06. The maximum absolute atomic E-state index is 10.9. The highest BCUT2D eigenvalue weighted by Crippen LogP contribution is 2.21. The van der Waals surface area contributed by atoms with Crippen LogP contribution in [0.1, 0.15) is 27.0 Å². The van der Waals surface area contributed by atoms with Crippen LogP contribution in [0.4, 0.5) is 0 Å². The van der Waals surface area contributed by atoms with Gasteiger partial charge >= 0.3 is 5.97 Å². The number of aryl methyl sites for hydroxylation is 1. The van der Waals surface area contributed by atoms with Gasteiger partial charge in [-0.15, -0.1) is 0 Å². The Bertz CT molecular complexity index is 421. The average Bonchev–Trinajstić information content (AvgIpc) is 2.17. The fourth-order valence-corrected chi connectivity index (χ4v) is 1.98. The summed E-state index contributed by atoms with van der Waals surface area (Å²) in [6.45, 7) is 1.82. The predicted octanol–water partition coefficient (Wildman–Crippen LogP) is 2.46. The molecule has 0 aliphatic rings. The van der Waals surface area contributed by atoms with Crippen molar-refractivity contribution in [2.24, 2.45) is 0 Å². The number of hydrogen-bond acceptors (Lipinski definition) is 2. The number of carbonyl (C=O) groups is 1. The summed E-state index contributed by atoms with van der Waals surface area (Å²) in [5.41, 5.74) is 1.84. The Kier molecular flexibility index (Phi) is 3.26. The van der Waals surface area contributed by atoms with Crippen LogP contribution in [-0.4, -0.2) is 11.1 Å². The van der Waals surface area contributed by atoms with Crippen molar-refractivity contribution in [1.29, 1.82) is 5.26 Å². The van der Waals surface area contributed by atoms with E-state index in [2.05, 4.69) is 15.9 Å². The summed E-state index contributed by atoms with van der Waals surface area (Å²) in [7, 11) is 0. The van der Waals surface area contributed by atoms with Crippen molar-refractivity contribution in [3.8, 4) is 6.07 Å². The van der Waals surface area contributed by atoms with Gasteiger partial charge in [0, 0.05) is 5.33 Å². The molecule has 0 fully saturated rings. The lowest BCUT2D eigenvalue weighted by molar-refractivity contribution is 0.0695. The second-order valence-corrected chi connectivity index (χ2v) is 3.39. The fourth-order valence-electron chi connectivity index (χ4n) is 1.26. The molecule has 0 heterocycles. The number of carboxylic acids is 1. The van der Waals surface area contributed by atoms with Gasteiger partial charge in [0.25, 0.3) is 0 Å². The molecule has 4 heteroatoms.